The predicted molar refractivity (Wildman–Crippen MR) is 135 cm³/mol. The molecule has 1 aliphatic rings. The van der Waals surface area contributed by atoms with E-state index in [-0.39, 0.29) is 5.91 Å². The van der Waals surface area contributed by atoms with Crippen LogP contribution in [-0.2, 0) is 4.79 Å². The molecule has 4 rings (SSSR count). The number of carbonyl (C=O) groups is 1. The van der Waals surface area contributed by atoms with Crippen molar-refractivity contribution in [1.29, 1.82) is 0 Å². The molecule has 182 valence electrons. The van der Waals surface area contributed by atoms with E-state index in [1.54, 1.807) is 30.6 Å². The number of hydrogen-bond donors (Lipinski definition) is 0. The van der Waals surface area contributed by atoms with Crippen molar-refractivity contribution in [2.45, 2.75) is 6.92 Å². The Morgan fingerprint density at radius 2 is 1.63 bits per heavy atom. The standard InChI is InChI=1S/C27H30N4O4/c1-2-33-25-21-22(9-11-24(25)35-20-19-34-23-7-4-3-5-8-23)10-12-26(32)30-15-17-31(18-16-30)27-28-13-6-14-29-27/h3-14,21H,2,15-20H2,1H3. The maximum absolute atomic E-state index is 12.7. The molecule has 0 spiro atoms. The molecule has 1 aromatic heterocycles. The molecule has 1 amide bonds. The van der Waals surface area contributed by atoms with Crippen molar-refractivity contribution < 1.29 is 19.0 Å². The molecule has 2 aromatic carbocycles. The van der Waals surface area contributed by atoms with E-state index in [1.807, 2.05) is 60.4 Å². The minimum absolute atomic E-state index is 0.0185. The number of carbonyl (C=O) groups excluding carboxylic acids is 1. The van der Waals surface area contributed by atoms with Crippen molar-refractivity contribution >= 4 is 17.9 Å². The molecule has 0 aliphatic carbocycles. The first-order chi connectivity index (χ1) is 17.2. The van der Waals surface area contributed by atoms with Gasteiger partial charge in [0.2, 0.25) is 11.9 Å². The zero-order valence-electron chi connectivity index (χ0n) is 19.9. The minimum Gasteiger partial charge on any atom is -0.490 e. The van der Waals surface area contributed by atoms with Crippen LogP contribution in [0.25, 0.3) is 6.08 Å². The third kappa shape index (κ3) is 6.96. The van der Waals surface area contributed by atoms with Crippen molar-refractivity contribution in [3.8, 4) is 17.2 Å². The Bertz CT molecular complexity index is 1100. The largest absolute Gasteiger partial charge is 0.490 e. The number of ether oxygens (including phenoxy) is 3. The third-order valence-corrected chi connectivity index (χ3v) is 5.47. The van der Waals surface area contributed by atoms with Crippen molar-refractivity contribution in [2.24, 2.45) is 0 Å². The Morgan fingerprint density at radius 1 is 0.886 bits per heavy atom. The fourth-order valence-electron chi connectivity index (χ4n) is 3.70. The Labute approximate surface area is 205 Å². The van der Waals surface area contributed by atoms with Crippen molar-refractivity contribution in [3.05, 3.63) is 78.6 Å². The minimum atomic E-state index is -0.0185. The summed E-state index contributed by atoms with van der Waals surface area (Å²) in [6.07, 6.45) is 6.87. The van der Waals surface area contributed by atoms with E-state index in [4.69, 9.17) is 14.2 Å². The molecule has 0 bridgehead atoms. The molecular formula is C27H30N4O4. The summed E-state index contributed by atoms with van der Waals surface area (Å²) in [4.78, 5) is 25.2. The number of benzene rings is 2. The van der Waals surface area contributed by atoms with Gasteiger partial charge in [-0.25, -0.2) is 9.97 Å². The van der Waals surface area contributed by atoms with Gasteiger partial charge >= 0.3 is 0 Å². The van der Waals surface area contributed by atoms with Gasteiger partial charge in [-0.15, -0.1) is 0 Å². The van der Waals surface area contributed by atoms with Crippen LogP contribution in [0.15, 0.2) is 73.1 Å². The van der Waals surface area contributed by atoms with Crippen LogP contribution in [0.1, 0.15) is 12.5 Å². The fraction of sp³-hybridized carbons (Fsp3) is 0.296. The lowest BCUT2D eigenvalue weighted by atomic mass is 10.2. The van der Waals surface area contributed by atoms with E-state index < -0.39 is 0 Å². The monoisotopic (exact) mass is 474 g/mol. The number of amides is 1. The molecule has 1 aliphatic heterocycles. The second-order valence-corrected chi connectivity index (χ2v) is 7.84. The van der Waals surface area contributed by atoms with Crippen LogP contribution in [0.3, 0.4) is 0 Å². The van der Waals surface area contributed by atoms with Crippen molar-refractivity contribution in [1.82, 2.24) is 14.9 Å². The number of hydrogen-bond acceptors (Lipinski definition) is 7. The van der Waals surface area contributed by atoms with Crippen LogP contribution >= 0.6 is 0 Å². The highest BCUT2D eigenvalue weighted by Crippen LogP contribution is 2.29. The van der Waals surface area contributed by atoms with E-state index in [0.717, 1.165) is 11.3 Å². The average Bonchev–Trinajstić information content (AvgIpc) is 2.92. The van der Waals surface area contributed by atoms with Crippen LogP contribution in [-0.4, -0.2) is 66.8 Å². The molecule has 8 nitrogen and oxygen atoms in total. The highest BCUT2D eigenvalue weighted by Gasteiger charge is 2.21. The molecule has 1 saturated heterocycles. The molecule has 3 aromatic rings. The van der Waals surface area contributed by atoms with E-state index in [0.29, 0.717) is 63.4 Å². The lowest BCUT2D eigenvalue weighted by molar-refractivity contribution is -0.126. The smallest absolute Gasteiger partial charge is 0.246 e. The van der Waals surface area contributed by atoms with Gasteiger partial charge in [0.1, 0.15) is 19.0 Å². The highest BCUT2D eigenvalue weighted by molar-refractivity contribution is 5.92. The summed E-state index contributed by atoms with van der Waals surface area (Å²) in [6.45, 7) is 5.92. The summed E-state index contributed by atoms with van der Waals surface area (Å²) in [5, 5.41) is 0. The number of piperazine rings is 1. The van der Waals surface area contributed by atoms with Gasteiger partial charge in [-0.3, -0.25) is 4.79 Å². The first-order valence-corrected chi connectivity index (χ1v) is 11.8. The summed E-state index contributed by atoms with van der Waals surface area (Å²) in [7, 11) is 0. The second kappa shape index (κ2) is 12.4. The zero-order chi connectivity index (χ0) is 24.3. The van der Waals surface area contributed by atoms with Gasteiger partial charge in [-0.2, -0.15) is 0 Å². The first kappa shape index (κ1) is 24.1. The Balaban J connectivity index is 1.29. The Hall–Kier alpha value is -4.07. The maximum Gasteiger partial charge on any atom is 0.246 e. The Morgan fingerprint density at radius 3 is 2.37 bits per heavy atom. The number of anilines is 1. The van der Waals surface area contributed by atoms with Crippen LogP contribution in [0.2, 0.25) is 0 Å². The van der Waals surface area contributed by atoms with Gasteiger partial charge in [0.15, 0.2) is 11.5 Å². The van der Waals surface area contributed by atoms with E-state index in [1.165, 1.54) is 0 Å². The average molecular weight is 475 g/mol. The van der Waals surface area contributed by atoms with Gasteiger partial charge in [0.25, 0.3) is 0 Å². The van der Waals surface area contributed by atoms with Crippen molar-refractivity contribution in [2.75, 3.05) is 50.9 Å². The predicted octanol–water partition coefficient (Wildman–Crippen LogP) is 3.70. The molecule has 0 atom stereocenters. The fourth-order valence-corrected chi connectivity index (χ4v) is 3.70. The second-order valence-electron chi connectivity index (χ2n) is 7.84. The van der Waals surface area contributed by atoms with Crippen molar-refractivity contribution in [3.63, 3.8) is 0 Å². The number of aromatic nitrogens is 2. The molecular weight excluding hydrogens is 444 g/mol. The molecule has 2 heterocycles. The van der Waals surface area contributed by atoms with Crippen LogP contribution in [0.4, 0.5) is 5.95 Å². The SMILES string of the molecule is CCOc1cc(C=CC(=O)N2CCN(c3ncccn3)CC2)ccc1OCCOc1ccccc1. The Kier molecular flexibility index (Phi) is 8.53. The van der Waals surface area contributed by atoms with Crippen LogP contribution in [0.5, 0.6) is 17.2 Å². The van der Waals surface area contributed by atoms with Gasteiger partial charge < -0.3 is 24.0 Å². The molecule has 0 saturated carbocycles. The molecule has 35 heavy (non-hydrogen) atoms. The third-order valence-electron chi connectivity index (χ3n) is 5.47. The van der Waals surface area contributed by atoms with E-state index in [2.05, 4.69) is 14.9 Å². The quantitative estimate of drug-likeness (QED) is 0.328. The summed E-state index contributed by atoms with van der Waals surface area (Å²) in [5.74, 6) is 2.77. The molecule has 0 radical (unpaired) electrons. The van der Waals surface area contributed by atoms with Crippen LogP contribution in [0, 0.1) is 0 Å². The lowest BCUT2D eigenvalue weighted by Gasteiger charge is -2.34. The summed E-state index contributed by atoms with van der Waals surface area (Å²) in [6, 6.07) is 17.1. The summed E-state index contributed by atoms with van der Waals surface area (Å²) < 4.78 is 17.3. The van der Waals surface area contributed by atoms with Gasteiger partial charge in [0.05, 0.1) is 6.61 Å². The lowest BCUT2D eigenvalue weighted by Crippen LogP contribution is -2.48. The van der Waals surface area contributed by atoms with E-state index in [9.17, 15) is 4.79 Å². The van der Waals surface area contributed by atoms with Gasteiger partial charge in [-0.1, -0.05) is 24.3 Å². The topological polar surface area (TPSA) is 77.0 Å². The van der Waals surface area contributed by atoms with Gasteiger partial charge in [0, 0.05) is 44.6 Å². The number of para-hydroxylation sites is 1. The molecule has 8 heteroatoms. The first-order valence-electron chi connectivity index (χ1n) is 11.8. The van der Waals surface area contributed by atoms with Gasteiger partial charge in [-0.05, 0) is 48.9 Å². The molecule has 0 unspecified atom stereocenters. The summed E-state index contributed by atoms with van der Waals surface area (Å²) >= 11 is 0. The molecule has 0 N–H and O–H groups in total. The highest BCUT2D eigenvalue weighted by atomic mass is 16.5. The number of rotatable bonds is 10. The summed E-state index contributed by atoms with van der Waals surface area (Å²) in [5.41, 5.74) is 0.867. The van der Waals surface area contributed by atoms with E-state index >= 15 is 0 Å². The maximum atomic E-state index is 12.7. The number of nitrogens with zero attached hydrogens (tertiary/aromatic N) is 4. The normalized spacial score (nSPS) is 13.6. The van der Waals surface area contributed by atoms with Crippen LogP contribution < -0.4 is 19.1 Å². The zero-order valence-corrected chi connectivity index (χ0v) is 19.9. The molecule has 1 fully saturated rings.